The Hall–Kier alpha value is -5.56. The Morgan fingerprint density at radius 3 is 2.49 bits per heavy atom. The van der Waals surface area contributed by atoms with Gasteiger partial charge in [-0.15, -0.1) is 0 Å². The van der Waals surface area contributed by atoms with Crippen LogP contribution in [0, 0.1) is 25.7 Å². The monoisotopic (exact) mass is 542 g/mol. The van der Waals surface area contributed by atoms with Crippen LogP contribution in [-0.2, 0) is 7.05 Å². The number of fused-ring (bicyclic) bond motifs is 2. The van der Waals surface area contributed by atoms with E-state index in [0.29, 0.717) is 44.8 Å². The number of amides is 1. The minimum absolute atomic E-state index is 0.276. The lowest BCUT2D eigenvalue weighted by molar-refractivity contribution is 0.0939. The van der Waals surface area contributed by atoms with Crippen LogP contribution in [0.25, 0.3) is 22.1 Å². The van der Waals surface area contributed by atoms with E-state index in [1.165, 1.54) is 9.20 Å². The summed E-state index contributed by atoms with van der Waals surface area (Å²) in [6.07, 6.45) is 3.32. The predicted octanol–water partition coefficient (Wildman–Crippen LogP) is 3.67. The van der Waals surface area contributed by atoms with Gasteiger partial charge in [-0.3, -0.25) is 18.8 Å². The Balaban J connectivity index is 1.48. The van der Waals surface area contributed by atoms with Gasteiger partial charge in [-0.2, -0.15) is 19.9 Å². The third-order valence-corrected chi connectivity index (χ3v) is 7.06. The van der Waals surface area contributed by atoms with Crippen molar-refractivity contribution in [1.29, 1.82) is 0 Å². The average Bonchev–Trinajstić information content (AvgIpc) is 3.49. The molecule has 4 aromatic heterocycles. The lowest BCUT2D eigenvalue weighted by atomic mass is 10.1. The molecule has 2 aromatic carbocycles. The molecule has 10 heteroatoms. The van der Waals surface area contributed by atoms with Gasteiger partial charge in [0.25, 0.3) is 11.5 Å². The first-order valence-corrected chi connectivity index (χ1v) is 13.1. The number of hydrogen-bond donors (Lipinski definition) is 1. The molecule has 202 valence electrons. The van der Waals surface area contributed by atoms with Crippen molar-refractivity contribution in [3.05, 3.63) is 117 Å². The van der Waals surface area contributed by atoms with Crippen molar-refractivity contribution < 1.29 is 4.79 Å². The number of nitrogens with one attached hydrogen (secondary N) is 1. The van der Waals surface area contributed by atoms with E-state index in [0.717, 1.165) is 11.3 Å². The van der Waals surface area contributed by atoms with Crippen molar-refractivity contribution in [1.82, 2.24) is 39.5 Å². The Bertz CT molecular complexity index is 2080. The molecule has 0 saturated heterocycles. The van der Waals surface area contributed by atoms with E-state index in [1.54, 1.807) is 49.1 Å². The number of nitrogens with zero attached hydrogens (tertiary/aromatic N) is 7. The standard InChI is InChI=1S/C31H26N8O2/c1-19-27(26-14-9-17-32-39(26)36-19)30(40)34-20(2)29-35-25-13-8-10-22(15-16-23-18-33-37(4)21(23)3)28(25)31(41)38(29)24-11-6-5-7-12-24/h5-14,17-18,20H,1-4H3,(H,34,40)/t20-/m0/s1. The molecule has 0 aliphatic rings. The molecule has 0 spiro atoms. The predicted molar refractivity (Wildman–Crippen MR) is 155 cm³/mol. The highest BCUT2D eigenvalue weighted by atomic mass is 16.2. The Kier molecular flexibility index (Phi) is 6.40. The van der Waals surface area contributed by atoms with Gasteiger partial charge in [0.15, 0.2) is 0 Å². The smallest absolute Gasteiger partial charge is 0.267 e. The molecule has 0 aliphatic heterocycles. The van der Waals surface area contributed by atoms with Gasteiger partial charge in [0.05, 0.1) is 51.3 Å². The maximum absolute atomic E-state index is 14.2. The molecule has 10 nitrogen and oxygen atoms in total. The maximum atomic E-state index is 14.2. The Morgan fingerprint density at radius 1 is 0.951 bits per heavy atom. The van der Waals surface area contributed by atoms with Crippen LogP contribution in [0.3, 0.4) is 0 Å². The molecular weight excluding hydrogens is 516 g/mol. The molecule has 0 saturated carbocycles. The number of benzene rings is 2. The zero-order chi connectivity index (χ0) is 28.7. The van der Waals surface area contributed by atoms with E-state index in [1.807, 2.05) is 56.4 Å². The minimum atomic E-state index is -0.626. The van der Waals surface area contributed by atoms with Gasteiger partial charge in [0.1, 0.15) is 11.3 Å². The molecule has 1 N–H and O–H groups in total. The summed E-state index contributed by atoms with van der Waals surface area (Å²) in [5.74, 6) is 6.36. The van der Waals surface area contributed by atoms with Gasteiger partial charge in [0, 0.05) is 18.8 Å². The first-order valence-electron chi connectivity index (χ1n) is 13.1. The molecule has 0 bridgehead atoms. The van der Waals surface area contributed by atoms with E-state index in [4.69, 9.17) is 4.98 Å². The highest BCUT2D eigenvalue weighted by Gasteiger charge is 2.24. The quantitative estimate of drug-likeness (QED) is 0.340. The molecule has 4 heterocycles. The van der Waals surface area contributed by atoms with Crippen LogP contribution in [0.4, 0.5) is 0 Å². The fraction of sp³-hybridized carbons (Fsp3) is 0.161. The van der Waals surface area contributed by atoms with E-state index in [9.17, 15) is 9.59 Å². The van der Waals surface area contributed by atoms with Crippen molar-refractivity contribution in [2.24, 2.45) is 7.05 Å². The topological polar surface area (TPSA) is 112 Å². The fourth-order valence-electron chi connectivity index (χ4n) is 4.84. The van der Waals surface area contributed by atoms with Crippen LogP contribution < -0.4 is 10.9 Å². The second-order valence-corrected chi connectivity index (χ2v) is 9.72. The zero-order valence-corrected chi connectivity index (χ0v) is 23.0. The molecular formula is C31H26N8O2. The van der Waals surface area contributed by atoms with Gasteiger partial charge in [-0.1, -0.05) is 36.1 Å². The van der Waals surface area contributed by atoms with E-state index >= 15 is 0 Å². The summed E-state index contributed by atoms with van der Waals surface area (Å²) in [5, 5.41) is 16.2. The summed E-state index contributed by atoms with van der Waals surface area (Å²) in [5.41, 5.74) is 4.68. The van der Waals surface area contributed by atoms with Crippen LogP contribution in [0.2, 0.25) is 0 Å². The number of carbonyl (C=O) groups excluding carboxylic acids is 1. The van der Waals surface area contributed by atoms with Crippen molar-refractivity contribution in [2.45, 2.75) is 26.8 Å². The largest absolute Gasteiger partial charge is 0.342 e. The molecule has 0 fully saturated rings. The highest BCUT2D eigenvalue weighted by Crippen LogP contribution is 2.22. The average molecular weight is 543 g/mol. The maximum Gasteiger partial charge on any atom is 0.267 e. The molecule has 1 amide bonds. The molecule has 0 aliphatic carbocycles. The fourth-order valence-corrected chi connectivity index (χ4v) is 4.84. The SMILES string of the molecule is Cc1nn2ncccc2c1C(=O)N[C@@H](C)c1nc2cccc(C#Cc3cnn(C)c3C)c2c(=O)n1-c1ccccc1. The molecule has 6 aromatic rings. The first kappa shape index (κ1) is 25.7. The van der Waals surface area contributed by atoms with Crippen molar-refractivity contribution in [3.63, 3.8) is 0 Å². The minimum Gasteiger partial charge on any atom is -0.342 e. The van der Waals surface area contributed by atoms with Gasteiger partial charge in [-0.05, 0) is 57.2 Å². The second kappa shape index (κ2) is 10.2. The Morgan fingerprint density at radius 2 is 1.73 bits per heavy atom. The number of rotatable bonds is 4. The van der Waals surface area contributed by atoms with Gasteiger partial charge in [-0.25, -0.2) is 4.98 Å². The highest BCUT2D eigenvalue weighted by molar-refractivity contribution is 6.02. The number of hydrogen-bond acceptors (Lipinski definition) is 6. The van der Waals surface area contributed by atoms with Crippen LogP contribution in [0.1, 0.15) is 51.7 Å². The number of para-hydroxylation sites is 1. The van der Waals surface area contributed by atoms with Crippen molar-refractivity contribution >= 4 is 22.3 Å². The molecule has 0 radical (unpaired) electrons. The normalized spacial score (nSPS) is 11.8. The lowest BCUT2D eigenvalue weighted by Gasteiger charge is -2.20. The lowest BCUT2D eigenvalue weighted by Crippen LogP contribution is -2.33. The third kappa shape index (κ3) is 4.53. The van der Waals surface area contributed by atoms with E-state index in [2.05, 4.69) is 32.5 Å². The number of carbonyl (C=O) groups is 1. The summed E-state index contributed by atoms with van der Waals surface area (Å²) < 4.78 is 4.72. The number of aromatic nitrogens is 7. The van der Waals surface area contributed by atoms with E-state index < -0.39 is 6.04 Å². The summed E-state index contributed by atoms with van der Waals surface area (Å²) in [6, 6.07) is 17.6. The molecule has 0 unspecified atom stereocenters. The molecule has 41 heavy (non-hydrogen) atoms. The first-order chi connectivity index (χ1) is 19.8. The van der Waals surface area contributed by atoms with Gasteiger partial charge in [0.2, 0.25) is 0 Å². The summed E-state index contributed by atoms with van der Waals surface area (Å²) in [6.45, 7) is 5.51. The summed E-state index contributed by atoms with van der Waals surface area (Å²) in [7, 11) is 1.86. The van der Waals surface area contributed by atoms with Crippen LogP contribution in [-0.4, -0.2) is 40.1 Å². The van der Waals surface area contributed by atoms with Crippen molar-refractivity contribution in [3.8, 4) is 17.5 Å². The Labute approximate surface area is 235 Å². The molecule has 6 rings (SSSR count). The van der Waals surface area contributed by atoms with Crippen LogP contribution in [0.5, 0.6) is 0 Å². The summed E-state index contributed by atoms with van der Waals surface area (Å²) in [4.78, 5) is 32.6. The summed E-state index contributed by atoms with van der Waals surface area (Å²) >= 11 is 0. The second-order valence-electron chi connectivity index (χ2n) is 9.72. The zero-order valence-electron chi connectivity index (χ0n) is 23.0. The third-order valence-electron chi connectivity index (χ3n) is 7.06. The van der Waals surface area contributed by atoms with E-state index in [-0.39, 0.29) is 11.5 Å². The van der Waals surface area contributed by atoms with Gasteiger partial charge >= 0.3 is 0 Å². The van der Waals surface area contributed by atoms with Gasteiger partial charge < -0.3 is 5.32 Å². The van der Waals surface area contributed by atoms with Crippen molar-refractivity contribution in [2.75, 3.05) is 0 Å². The van der Waals surface area contributed by atoms with Crippen LogP contribution in [0.15, 0.2) is 77.9 Å². The number of aryl methyl sites for hydroxylation is 2. The van der Waals surface area contributed by atoms with Crippen LogP contribution >= 0.6 is 0 Å². The molecule has 1 atom stereocenters.